The number of carbonyl (C=O) groups excluding carboxylic acids is 1. The molecule has 2 aromatic carbocycles. The van der Waals surface area contributed by atoms with Gasteiger partial charge in [0.1, 0.15) is 0 Å². The molecule has 0 saturated carbocycles. The molecule has 0 unspecified atom stereocenters. The number of esters is 1. The van der Waals surface area contributed by atoms with Crippen LogP contribution in [0.1, 0.15) is 17.3 Å². The van der Waals surface area contributed by atoms with Crippen molar-refractivity contribution in [3.8, 4) is 0 Å². The lowest BCUT2D eigenvalue weighted by molar-refractivity contribution is 0.0528. The van der Waals surface area contributed by atoms with Crippen molar-refractivity contribution in [2.24, 2.45) is 5.11 Å². The highest BCUT2D eigenvalue weighted by atomic mass is 32.1. The van der Waals surface area contributed by atoms with E-state index in [1.807, 2.05) is 12.1 Å². The van der Waals surface area contributed by atoms with Crippen molar-refractivity contribution in [1.29, 1.82) is 0 Å². The zero-order valence-electron chi connectivity index (χ0n) is 12.1. The smallest absolute Gasteiger partial charge is 0.338 e. The number of carbonyl (C=O) groups is 1. The van der Waals surface area contributed by atoms with Crippen molar-refractivity contribution in [2.75, 3.05) is 6.61 Å². The molecule has 0 fully saturated rings. The van der Waals surface area contributed by atoms with Crippen molar-refractivity contribution in [1.82, 2.24) is 0 Å². The maximum absolute atomic E-state index is 12.8. The summed E-state index contributed by atoms with van der Waals surface area (Å²) in [4.78, 5) is 27.7. The number of hydrogen-bond acceptors (Lipinski definition) is 5. The first-order valence-corrected chi connectivity index (χ1v) is 7.69. The standard InChI is InChI=1S/C16H11N3O3S/c1-2-22-16(21)11-7-9(18-19-17)8-13-14(11)15(20)10-5-3-4-6-12(10)23-13/h3-8H,2H2,1H3. The maximum Gasteiger partial charge on any atom is 0.338 e. The molecule has 1 heterocycles. The summed E-state index contributed by atoms with van der Waals surface area (Å²) in [7, 11) is 0. The number of nitrogens with zero attached hydrogens (tertiary/aromatic N) is 3. The summed E-state index contributed by atoms with van der Waals surface area (Å²) in [6, 6.07) is 10.2. The Morgan fingerprint density at radius 3 is 2.83 bits per heavy atom. The van der Waals surface area contributed by atoms with Crippen LogP contribution in [0.4, 0.5) is 5.69 Å². The fourth-order valence-corrected chi connectivity index (χ4v) is 3.53. The van der Waals surface area contributed by atoms with Gasteiger partial charge in [-0.05, 0) is 36.7 Å². The molecule has 0 radical (unpaired) electrons. The summed E-state index contributed by atoms with van der Waals surface area (Å²) in [5, 5.41) is 4.39. The molecule has 0 amide bonds. The van der Waals surface area contributed by atoms with Crippen LogP contribution in [-0.4, -0.2) is 12.6 Å². The third-order valence-electron chi connectivity index (χ3n) is 3.32. The fraction of sp³-hybridized carbons (Fsp3) is 0.125. The first kappa shape index (κ1) is 15.0. The molecule has 0 atom stereocenters. The topological polar surface area (TPSA) is 92.1 Å². The predicted molar refractivity (Wildman–Crippen MR) is 90.4 cm³/mol. The van der Waals surface area contributed by atoms with Gasteiger partial charge in [-0.3, -0.25) is 4.79 Å². The molecule has 0 aliphatic rings. The Kier molecular flexibility index (Phi) is 3.97. The Hall–Kier alpha value is -2.89. The van der Waals surface area contributed by atoms with E-state index in [2.05, 4.69) is 10.0 Å². The van der Waals surface area contributed by atoms with Gasteiger partial charge in [0.05, 0.1) is 17.6 Å². The molecular weight excluding hydrogens is 314 g/mol. The molecule has 7 heteroatoms. The Labute approximate surface area is 134 Å². The number of benzene rings is 2. The van der Waals surface area contributed by atoms with Crippen molar-refractivity contribution < 1.29 is 9.53 Å². The minimum absolute atomic E-state index is 0.124. The number of rotatable bonds is 3. The van der Waals surface area contributed by atoms with E-state index in [0.717, 1.165) is 4.70 Å². The molecule has 0 saturated heterocycles. The van der Waals surface area contributed by atoms with Gasteiger partial charge in [0.25, 0.3) is 0 Å². The molecular formula is C16H11N3O3S. The Bertz CT molecular complexity index is 1040. The van der Waals surface area contributed by atoms with E-state index >= 15 is 0 Å². The maximum atomic E-state index is 12.8. The quantitative estimate of drug-likeness (QED) is 0.233. The zero-order valence-corrected chi connectivity index (χ0v) is 13.0. The lowest BCUT2D eigenvalue weighted by Gasteiger charge is -2.08. The van der Waals surface area contributed by atoms with Crippen molar-refractivity contribution in [3.05, 3.63) is 62.6 Å². The first-order chi connectivity index (χ1) is 11.2. The Balaban J connectivity index is 2.47. The van der Waals surface area contributed by atoms with Crippen LogP contribution in [0.3, 0.4) is 0 Å². The Morgan fingerprint density at radius 2 is 2.09 bits per heavy atom. The van der Waals surface area contributed by atoms with E-state index in [9.17, 15) is 9.59 Å². The molecule has 23 heavy (non-hydrogen) atoms. The molecule has 0 bridgehead atoms. The van der Waals surface area contributed by atoms with E-state index < -0.39 is 5.97 Å². The molecule has 0 N–H and O–H groups in total. The SMILES string of the molecule is CCOC(=O)c1cc(N=[N+]=[N-])cc2sc3ccccc3c(=O)c12. The second-order valence-electron chi connectivity index (χ2n) is 4.70. The molecule has 0 aliphatic carbocycles. The molecule has 114 valence electrons. The van der Waals surface area contributed by atoms with Crippen LogP contribution >= 0.6 is 11.3 Å². The monoisotopic (exact) mass is 325 g/mol. The molecule has 6 nitrogen and oxygen atoms in total. The van der Waals surface area contributed by atoms with E-state index in [-0.39, 0.29) is 23.3 Å². The van der Waals surface area contributed by atoms with Gasteiger partial charge in [-0.2, -0.15) is 0 Å². The highest BCUT2D eigenvalue weighted by Crippen LogP contribution is 2.31. The average molecular weight is 325 g/mol. The highest BCUT2D eigenvalue weighted by molar-refractivity contribution is 7.24. The number of ether oxygens (including phenoxy) is 1. The van der Waals surface area contributed by atoms with Crippen LogP contribution in [0.5, 0.6) is 0 Å². The third-order valence-corrected chi connectivity index (χ3v) is 4.44. The van der Waals surface area contributed by atoms with E-state index in [1.54, 1.807) is 25.1 Å². The van der Waals surface area contributed by atoms with E-state index in [4.69, 9.17) is 10.3 Å². The van der Waals surface area contributed by atoms with Crippen LogP contribution in [-0.2, 0) is 4.74 Å². The minimum Gasteiger partial charge on any atom is -0.462 e. The summed E-state index contributed by atoms with van der Waals surface area (Å²) in [5.74, 6) is -0.605. The predicted octanol–water partition coefficient (Wildman–Crippen LogP) is 4.53. The van der Waals surface area contributed by atoms with Gasteiger partial charge in [0.2, 0.25) is 0 Å². The summed E-state index contributed by atoms with van der Waals surface area (Å²) in [6.07, 6.45) is 0. The van der Waals surface area contributed by atoms with Crippen LogP contribution in [0.25, 0.3) is 30.6 Å². The lowest BCUT2D eigenvalue weighted by Crippen LogP contribution is -2.11. The molecule has 0 spiro atoms. The van der Waals surface area contributed by atoms with Gasteiger partial charge in [0, 0.05) is 25.4 Å². The van der Waals surface area contributed by atoms with E-state index in [1.165, 1.54) is 17.4 Å². The first-order valence-electron chi connectivity index (χ1n) is 6.87. The summed E-state index contributed by atoms with van der Waals surface area (Å²) >= 11 is 1.36. The number of hydrogen-bond donors (Lipinski definition) is 0. The summed E-state index contributed by atoms with van der Waals surface area (Å²) in [5.41, 5.74) is 8.80. The Morgan fingerprint density at radius 1 is 1.30 bits per heavy atom. The second kappa shape index (κ2) is 6.08. The van der Waals surface area contributed by atoms with Crippen LogP contribution in [0, 0.1) is 0 Å². The van der Waals surface area contributed by atoms with Crippen LogP contribution < -0.4 is 5.43 Å². The van der Waals surface area contributed by atoms with Gasteiger partial charge >= 0.3 is 5.97 Å². The normalized spacial score (nSPS) is 10.5. The van der Waals surface area contributed by atoms with Crippen LogP contribution in [0.2, 0.25) is 0 Å². The molecule has 3 aromatic rings. The fourth-order valence-electron chi connectivity index (χ4n) is 2.39. The van der Waals surface area contributed by atoms with Crippen LogP contribution in [0.15, 0.2) is 46.3 Å². The van der Waals surface area contributed by atoms with E-state index in [0.29, 0.717) is 15.5 Å². The largest absolute Gasteiger partial charge is 0.462 e. The number of fused-ring (bicyclic) bond motifs is 2. The summed E-state index contributed by atoms with van der Waals surface area (Å²) < 4.78 is 6.42. The third kappa shape index (κ3) is 2.63. The van der Waals surface area contributed by atoms with Crippen molar-refractivity contribution >= 4 is 43.2 Å². The molecule has 3 rings (SSSR count). The second-order valence-corrected chi connectivity index (χ2v) is 5.79. The van der Waals surface area contributed by atoms with Gasteiger partial charge < -0.3 is 4.74 Å². The number of azide groups is 1. The lowest BCUT2D eigenvalue weighted by atomic mass is 10.1. The molecule has 0 aliphatic heterocycles. The van der Waals surface area contributed by atoms with Gasteiger partial charge in [0.15, 0.2) is 5.43 Å². The highest BCUT2D eigenvalue weighted by Gasteiger charge is 2.17. The van der Waals surface area contributed by atoms with Gasteiger partial charge in [-0.1, -0.05) is 17.2 Å². The molecule has 1 aromatic heterocycles. The van der Waals surface area contributed by atoms with Gasteiger partial charge in [-0.15, -0.1) is 11.3 Å². The summed E-state index contributed by atoms with van der Waals surface area (Å²) in [6.45, 7) is 1.88. The van der Waals surface area contributed by atoms with Crippen molar-refractivity contribution in [3.63, 3.8) is 0 Å². The zero-order chi connectivity index (χ0) is 16.4. The average Bonchev–Trinajstić information content (AvgIpc) is 2.55. The minimum atomic E-state index is -0.605. The van der Waals surface area contributed by atoms with Gasteiger partial charge in [-0.25, -0.2) is 4.79 Å². The van der Waals surface area contributed by atoms with Crippen molar-refractivity contribution in [2.45, 2.75) is 6.92 Å².